The first-order chi connectivity index (χ1) is 9.88. The van der Waals surface area contributed by atoms with E-state index in [0.717, 1.165) is 17.8 Å². The molecule has 7 nitrogen and oxygen atoms in total. The van der Waals surface area contributed by atoms with Crippen LogP contribution in [0.15, 0.2) is 30.5 Å². The number of nitrogens with zero attached hydrogens (tertiary/aromatic N) is 2. The number of carbonyl (C=O) groups is 1. The minimum absolute atomic E-state index is 0.0459. The van der Waals surface area contributed by atoms with Crippen molar-refractivity contribution in [2.45, 2.75) is 6.92 Å². The molecule has 108 valence electrons. The molecule has 1 aromatic carbocycles. The smallest absolute Gasteiger partial charge is 0.300 e. The van der Waals surface area contributed by atoms with Crippen molar-refractivity contribution in [1.82, 2.24) is 4.98 Å². The molecule has 1 amide bonds. The van der Waals surface area contributed by atoms with Crippen molar-refractivity contribution in [1.29, 1.82) is 0 Å². The Labute approximate surface area is 118 Å². The van der Waals surface area contributed by atoms with Crippen molar-refractivity contribution >= 4 is 23.1 Å². The van der Waals surface area contributed by atoms with Gasteiger partial charge in [0.2, 0.25) is 0 Å². The summed E-state index contributed by atoms with van der Waals surface area (Å²) in [5.74, 6) is -1.52. The maximum atomic E-state index is 13.6. The second kappa shape index (κ2) is 5.53. The lowest BCUT2D eigenvalue weighted by molar-refractivity contribution is -0.385. The summed E-state index contributed by atoms with van der Waals surface area (Å²) >= 11 is 0. The average Bonchev–Trinajstić information content (AvgIpc) is 2.42. The van der Waals surface area contributed by atoms with Gasteiger partial charge in [0.05, 0.1) is 10.6 Å². The van der Waals surface area contributed by atoms with Gasteiger partial charge < -0.3 is 11.1 Å². The van der Waals surface area contributed by atoms with Gasteiger partial charge in [0.15, 0.2) is 0 Å². The van der Waals surface area contributed by atoms with Crippen LogP contribution in [0.4, 0.5) is 21.6 Å². The van der Waals surface area contributed by atoms with Gasteiger partial charge in [-0.05, 0) is 30.7 Å². The molecule has 0 unspecified atom stereocenters. The molecule has 3 N–H and O–H groups in total. The number of nitrogens with one attached hydrogen (secondary N) is 1. The van der Waals surface area contributed by atoms with Gasteiger partial charge in [-0.25, -0.2) is 9.37 Å². The van der Waals surface area contributed by atoms with Crippen LogP contribution in [-0.2, 0) is 0 Å². The fourth-order valence-electron chi connectivity index (χ4n) is 1.72. The van der Waals surface area contributed by atoms with Crippen molar-refractivity contribution < 1.29 is 14.1 Å². The molecule has 0 saturated carbocycles. The topological polar surface area (TPSA) is 111 Å². The van der Waals surface area contributed by atoms with E-state index in [0.29, 0.717) is 0 Å². The molecule has 2 rings (SSSR count). The highest BCUT2D eigenvalue weighted by atomic mass is 19.1. The Bertz CT molecular complexity index is 733. The summed E-state index contributed by atoms with van der Waals surface area (Å²) in [6.07, 6.45) is 0.886. The van der Waals surface area contributed by atoms with Gasteiger partial charge in [0.25, 0.3) is 11.6 Å². The molecule has 0 saturated heterocycles. The van der Waals surface area contributed by atoms with E-state index in [1.807, 2.05) is 0 Å². The fraction of sp³-hybridized carbons (Fsp3) is 0.0769. The van der Waals surface area contributed by atoms with Crippen molar-refractivity contribution in [3.05, 3.63) is 57.5 Å². The third kappa shape index (κ3) is 3.11. The molecule has 8 heteroatoms. The molecule has 0 spiro atoms. The van der Waals surface area contributed by atoms with E-state index in [1.54, 1.807) is 6.92 Å². The molecule has 2 aromatic rings. The number of rotatable bonds is 3. The van der Waals surface area contributed by atoms with Crippen molar-refractivity contribution in [3.8, 4) is 0 Å². The molecule has 0 atom stereocenters. The van der Waals surface area contributed by atoms with Gasteiger partial charge in [-0.1, -0.05) is 6.07 Å². The number of nitrogens with two attached hydrogens (primary N) is 1. The highest BCUT2D eigenvalue weighted by molar-refractivity contribution is 6.07. The third-order valence-corrected chi connectivity index (χ3v) is 2.72. The lowest BCUT2D eigenvalue weighted by Crippen LogP contribution is -2.15. The van der Waals surface area contributed by atoms with Gasteiger partial charge in [-0.15, -0.1) is 0 Å². The van der Waals surface area contributed by atoms with Crippen molar-refractivity contribution in [2.24, 2.45) is 0 Å². The number of benzene rings is 1. The van der Waals surface area contributed by atoms with Crippen LogP contribution in [0.5, 0.6) is 0 Å². The summed E-state index contributed by atoms with van der Waals surface area (Å²) in [4.78, 5) is 25.8. The largest absolute Gasteiger partial charge is 0.384 e. The van der Waals surface area contributed by atoms with E-state index >= 15 is 0 Å². The van der Waals surface area contributed by atoms with Crippen LogP contribution in [0.1, 0.15) is 15.9 Å². The Morgan fingerprint density at radius 3 is 2.81 bits per heavy atom. The molecule has 0 aliphatic carbocycles. The van der Waals surface area contributed by atoms with Gasteiger partial charge in [-0.3, -0.25) is 14.9 Å². The van der Waals surface area contributed by atoms with Gasteiger partial charge in [0, 0.05) is 0 Å². The van der Waals surface area contributed by atoms with Crippen LogP contribution >= 0.6 is 0 Å². The van der Waals surface area contributed by atoms with Crippen LogP contribution in [0.2, 0.25) is 0 Å². The molecule has 1 aromatic heterocycles. The van der Waals surface area contributed by atoms with E-state index in [2.05, 4.69) is 10.3 Å². The lowest BCUT2D eigenvalue weighted by Gasteiger charge is -2.08. The Hall–Kier alpha value is -3.03. The zero-order valence-corrected chi connectivity index (χ0v) is 11.0. The van der Waals surface area contributed by atoms with E-state index in [9.17, 15) is 19.3 Å². The first kappa shape index (κ1) is 14.4. The molecule has 0 bridgehead atoms. The summed E-state index contributed by atoms with van der Waals surface area (Å²) in [5.41, 5.74) is 5.30. The minimum atomic E-state index is -0.833. The Morgan fingerprint density at radius 1 is 1.43 bits per heavy atom. The molecule has 21 heavy (non-hydrogen) atoms. The summed E-state index contributed by atoms with van der Waals surface area (Å²) in [7, 11) is 0. The predicted octanol–water partition coefficient (Wildman–Crippen LogP) is 2.27. The average molecular weight is 290 g/mol. The van der Waals surface area contributed by atoms with E-state index in [4.69, 9.17) is 5.73 Å². The molecule has 0 fully saturated rings. The second-order valence-corrected chi connectivity index (χ2v) is 4.32. The maximum absolute atomic E-state index is 13.6. The number of carbonyl (C=O) groups excluding carboxylic acids is 1. The number of amides is 1. The normalized spacial score (nSPS) is 10.2. The summed E-state index contributed by atoms with van der Waals surface area (Å²) in [5, 5.41) is 13.2. The first-order valence-electron chi connectivity index (χ1n) is 5.86. The predicted molar refractivity (Wildman–Crippen MR) is 74.4 cm³/mol. The van der Waals surface area contributed by atoms with Crippen LogP contribution in [0.25, 0.3) is 0 Å². The number of hydrogen-bond donors (Lipinski definition) is 2. The van der Waals surface area contributed by atoms with Crippen LogP contribution in [0, 0.1) is 22.9 Å². The van der Waals surface area contributed by atoms with Gasteiger partial charge in [-0.2, -0.15) is 0 Å². The van der Waals surface area contributed by atoms with E-state index < -0.39 is 22.3 Å². The van der Waals surface area contributed by atoms with E-state index in [1.165, 1.54) is 18.2 Å². The number of aromatic nitrogens is 1. The monoisotopic (exact) mass is 290 g/mol. The highest BCUT2D eigenvalue weighted by Crippen LogP contribution is 2.22. The molecule has 1 heterocycles. The molecule has 0 radical (unpaired) electrons. The number of aryl methyl sites for hydroxylation is 1. The summed E-state index contributed by atoms with van der Waals surface area (Å²) < 4.78 is 13.6. The number of anilines is 2. The number of halogens is 1. The standard InChI is InChI=1S/C13H11FN4O3/c1-7-2-3-9(14)10(4-7)17-13(19)8-5-12(15)16-6-11(8)18(20)21/h2-6H,1H3,(H2,15,16)(H,17,19). The Balaban J connectivity index is 2.39. The molecule has 0 aliphatic heterocycles. The maximum Gasteiger partial charge on any atom is 0.300 e. The Kier molecular flexibility index (Phi) is 3.79. The third-order valence-electron chi connectivity index (χ3n) is 2.72. The zero-order valence-electron chi connectivity index (χ0n) is 11.0. The zero-order chi connectivity index (χ0) is 15.6. The first-order valence-corrected chi connectivity index (χ1v) is 5.86. The van der Waals surface area contributed by atoms with E-state index in [-0.39, 0.29) is 17.1 Å². The van der Waals surface area contributed by atoms with Gasteiger partial charge >= 0.3 is 0 Å². The minimum Gasteiger partial charge on any atom is -0.384 e. The molecule has 0 aliphatic rings. The summed E-state index contributed by atoms with van der Waals surface area (Å²) in [6, 6.07) is 5.23. The van der Waals surface area contributed by atoms with Gasteiger partial charge in [0.1, 0.15) is 23.4 Å². The van der Waals surface area contributed by atoms with Crippen LogP contribution in [-0.4, -0.2) is 15.8 Å². The van der Waals surface area contributed by atoms with Crippen LogP contribution < -0.4 is 11.1 Å². The summed E-state index contributed by atoms with van der Waals surface area (Å²) in [6.45, 7) is 1.72. The fourth-order valence-corrected chi connectivity index (χ4v) is 1.72. The Morgan fingerprint density at radius 2 is 2.14 bits per heavy atom. The number of hydrogen-bond acceptors (Lipinski definition) is 5. The highest BCUT2D eigenvalue weighted by Gasteiger charge is 2.22. The van der Waals surface area contributed by atoms with Crippen molar-refractivity contribution in [2.75, 3.05) is 11.1 Å². The van der Waals surface area contributed by atoms with Crippen LogP contribution in [0.3, 0.4) is 0 Å². The number of pyridine rings is 1. The SMILES string of the molecule is Cc1ccc(F)c(NC(=O)c2cc(N)ncc2[N+](=O)[O-])c1. The molecular formula is C13H11FN4O3. The quantitative estimate of drug-likeness (QED) is 0.665. The number of nitro groups is 1. The number of nitrogen functional groups attached to an aromatic ring is 1. The lowest BCUT2D eigenvalue weighted by atomic mass is 10.1. The second-order valence-electron chi connectivity index (χ2n) is 4.32. The van der Waals surface area contributed by atoms with Crippen molar-refractivity contribution in [3.63, 3.8) is 0 Å². The molecular weight excluding hydrogens is 279 g/mol.